The zero-order valence-corrected chi connectivity index (χ0v) is 13.2. The number of benzene rings is 1. The first-order chi connectivity index (χ1) is 11.2. The predicted molar refractivity (Wildman–Crippen MR) is 82.1 cm³/mol. The summed E-state index contributed by atoms with van der Waals surface area (Å²) >= 11 is 0. The third-order valence-corrected chi connectivity index (χ3v) is 4.07. The minimum absolute atomic E-state index is 0.0550. The second-order valence-electron chi connectivity index (χ2n) is 5.94. The standard InChI is InChI=1S/C17H20FN3O2/c1-2-4-15-19-17(23-20-15)13-7-8-16(22)21(11-13)10-12-5-3-6-14(18)9-12/h3,5-6,9,13H,2,4,7-8,10-11H2,1H3. The number of hydrogen-bond donors (Lipinski definition) is 0. The lowest BCUT2D eigenvalue weighted by molar-refractivity contribution is -0.134. The molecule has 0 spiro atoms. The Bertz CT molecular complexity index is 686. The van der Waals surface area contributed by atoms with Crippen LogP contribution in [0.25, 0.3) is 0 Å². The smallest absolute Gasteiger partial charge is 0.231 e. The molecule has 0 radical (unpaired) electrons. The van der Waals surface area contributed by atoms with Crippen LogP contribution in [0.15, 0.2) is 28.8 Å². The summed E-state index contributed by atoms with van der Waals surface area (Å²) < 4.78 is 18.6. The molecule has 1 aromatic carbocycles. The van der Waals surface area contributed by atoms with Crippen LogP contribution < -0.4 is 0 Å². The molecule has 3 rings (SSSR count). The number of likely N-dealkylation sites (tertiary alicyclic amines) is 1. The molecule has 2 heterocycles. The number of nitrogens with zero attached hydrogens (tertiary/aromatic N) is 3. The van der Waals surface area contributed by atoms with Gasteiger partial charge in [-0.25, -0.2) is 4.39 Å². The van der Waals surface area contributed by atoms with E-state index in [1.807, 2.05) is 6.07 Å². The van der Waals surface area contributed by atoms with Crippen LogP contribution >= 0.6 is 0 Å². The molecule has 0 N–H and O–H groups in total. The third-order valence-electron chi connectivity index (χ3n) is 4.07. The van der Waals surface area contributed by atoms with Crippen molar-refractivity contribution in [2.75, 3.05) is 6.54 Å². The van der Waals surface area contributed by atoms with E-state index in [9.17, 15) is 9.18 Å². The van der Waals surface area contributed by atoms with Crippen molar-refractivity contribution in [3.63, 3.8) is 0 Å². The van der Waals surface area contributed by atoms with Gasteiger partial charge in [0.15, 0.2) is 5.82 Å². The maximum Gasteiger partial charge on any atom is 0.231 e. The molecule has 1 amide bonds. The molecular formula is C17H20FN3O2. The number of piperidine rings is 1. The normalized spacial score (nSPS) is 18.4. The molecule has 0 aliphatic carbocycles. The molecule has 122 valence electrons. The molecule has 1 aromatic heterocycles. The summed E-state index contributed by atoms with van der Waals surface area (Å²) in [5, 5.41) is 3.98. The minimum atomic E-state index is -0.287. The molecule has 0 saturated carbocycles. The van der Waals surface area contributed by atoms with Crippen LogP contribution in [0.4, 0.5) is 4.39 Å². The SMILES string of the molecule is CCCc1noc(C2CCC(=O)N(Cc3cccc(F)c3)C2)n1. The average Bonchev–Trinajstić information content (AvgIpc) is 2.99. The fourth-order valence-electron chi connectivity index (χ4n) is 2.88. The number of hydrogen-bond acceptors (Lipinski definition) is 4. The van der Waals surface area contributed by atoms with E-state index in [4.69, 9.17) is 4.52 Å². The Labute approximate surface area is 134 Å². The van der Waals surface area contributed by atoms with Gasteiger partial charge in [-0.1, -0.05) is 24.2 Å². The van der Waals surface area contributed by atoms with Crippen molar-refractivity contribution in [1.82, 2.24) is 15.0 Å². The summed E-state index contributed by atoms with van der Waals surface area (Å²) in [5.74, 6) is 1.17. The summed E-state index contributed by atoms with van der Waals surface area (Å²) in [6.45, 7) is 3.00. The summed E-state index contributed by atoms with van der Waals surface area (Å²) in [6, 6.07) is 6.35. The highest BCUT2D eigenvalue weighted by Crippen LogP contribution is 2.27. The summed E-state index contributed by atoms with van der Waals surface area (Å²) in [7, 11) is 0. The Hall–Kier alpha value is -2.24. The van der Waals surface area contributed by atoms with E-state index in [1.54, 1.807) is 11.0 Å². The number of aromatic nitrogens is 2. The largest absolute Gasteiger partial charge is 0.339 e. The van der Waals surface area contributed by atoms with Crippen molar-refractivity contribution in [3.05, 3.63) is 47.4 Å². The van der Waals surface area contributed by atoms with Crippen LogP contribution in [0.1, 0.15) is 49.4 Å². The van der Waals surface area contributed by atoms with Crippen LogP contribution in [0.5, 0.6) is 0 Å². The number of amides is 1. The molecule has 1 aliphatic heterocycles. The molecule has 23 heavy (non-hydrogen) atoms. The van der Waals surface area contributed by atoms with E-state index in [0.29, 0.717) is 31.8 Å². The highest BCUT2D eigenvalue weighted by Gasteiger charge is 2.30. The molecule has 0 bridgehead atoms. The second kappa shape index (κ2) is 6.89. The molecule has 1 saturated heterocycles. The highest BCUT2D eigenvalue weighted by atomic mass is 19.1. The van der Waals surface area contributed by atoms with Gasteiger partial charge in [-0.2, -0.15) is 4.98 Å². The molecule has 5 nitrogen and oxygen atoms in total. The Balaban J connectivity index is 1.69. The number of carbonyl (C=O) groups excluding carboxylic acids is 1. The van der Waals surface area contributed by atoms with Crippen molar-refractivity contribution in [3.8, 4) is 0 Å². The molecule has 6 heteroatoms. The van der Waals surface area contributed by atoms with Gasteiger partial charge < -0.3 is 9.42 Å². The van der Waals surface area contributed by atoms with Gasteiger partial charge in [-0.05, 0) is 30.5 Å². The molecule has 1 aliphatic rings. The summed E-state index contributed by atoms with van der Waals surface area (Å²) in [6.07, 6.45) is 2.92. The third kappa shape index (κ3) is 3.75. The molecule has 1 unspecified atom stereocenters. The Morgan fingerprint density at radius 1 is 1.43 bits per heavy atom. The number of halogens is 1. The lowest BCUT2D eigenvalue weighted by atomic mass is 9.97. The zero-order chi connectivity index (χ0) is 16.2. The lowest BCUT2D eigenvalue weighted by Crippen LogP contribution is -2.38. The average molecular weight is 317 g/mol. The first-order valence-corrected chi connectivity index (χ1v) is 8.00. The van der Waals surface area contributed by atoms with Crippen LogP contribution in [0, 0.1) is 5.82 Å². The van der Waals surface area contributed by atoms with Crippen molar-refractivity contribution in [2.45, 2.75) is 45.1 Å². The van der Waals surface area contributed by atoms with Crippen molar-refractivity contribution in [2.24, 2.45) is 0 Å². The summed E-state index contributed by atoms with van der Waals surface area (Å²) in [5.41, 5.74) is 0.788. The number of aryl methyl sites for hydroxylation is 1. The van der Waals surface area contributed by atoms with Gasteiger partial charge in [0.2, 0.25) is 11.8 Å². The van der Waals surface area contributed by atoms with E-state index in [1.165, 1.54) is 12.1 Å². The van der Waals surface area contributed by atoms with Gasteiger partial charge in [0.25, 0.3) is 0 Å². The fraction of sp³-hybridized carbons (Fsp3) is 0.471. The summed E-state index contributed by atoms with van der Waals surface area (Å²) in [4.78, 5) is 18.3. The van der Waals surface area contributed by atoms with E-state index in [0.717, 1.165) is 24.2 Å². The van der Waals surface area contributed by atoms with Gasteiger partial charge in [0.1, 0.15) is 5.82 Å². The van der Waals surface area contributed by atoms with Crippen molar-refractivity contribution >= 4 is 5.91 Å². The first kappa shape index (κ1) is 15.6. The van der Waals surface area contributed by atoms with Gasteiger partial charge in [-0.15, -0.1) is 0 Å². The molecule has 1 atom stereocenters. The van der Waals surface area contributed by atoms with E-state index < -0.39 is 0 Å². The van der Waals surface area contributed by atoms with Gasteiger partial charge in [0.05, 0.1) is 5.92 Å². The van der Waals surface area contributed by atoms with Crippen LogP contribution in [0.3, 0.4) is 0 Å². The quantitative estimate of drug-likeness (QED) is 0.850. The monoisotopic (exact) mass is 317 g/mol. The molecule has 2 aromatic rings. The highest BCUT2D eigenvalue weighted by molar-refractivity contribution is 5.77. The van der Waals surface area contributed by atoms with Crippen LogP contribution in [-0.2, 0) is 17.8 Å². The Morgan fingerprint density at radius 2 is 2.30 bits per heavy atom. The maximum absolute atomic E-state index is 13.3. The fourth-order valence-corrected chi connectivity index (χ4v) is 2.88. The Morgan fingerprint density at radius 3 is 3.09 bits per heavy atom. The van der Waals surface area contributed by atoms with Crippen LogP contribution in [-0.4, -0.2) is 27.5 Å². The van der Waals surface area contributed by atoms with E-state index >= 15 is 0 Å². The lowest BCUT2D eigenvalue weighted by Gasteiger charge is -2.31. The predicted octanol–water partition coefficient (Wildman–Crippen LogP) is 3.07. The molecular weight excluding hydrogens is 297 g/mol. The minimum Gasteiger partial charge on any atom is -0.339 e. The maximum atomic E-state index is 13.3. The van der Waals surface area contributed by atoms with Gasteiger partial charge in [0, 0.05) is 25.9 Å². The zero-order valence-electron chi connectivity index (χ0n) is 13.2. The first-order valence-electron chi connectivity index (χ1n) is 8.00. The van der Waals surface area contributed by atoms with Gasteiger partial charge in [-0.3, -0.25) is 4.79 Å². The van der Waals surface area contributed by atoms with Gasteiger partial charge >= 0.3 is 0 Å². The number of carbonyl (C=O) groups is 1. The van der Waals surface area contributed by atoms with E-state index in [2.05, 4.69) is 17.1 Å². The van der Waals surface area contributed by atoms with Crippen LogP contribution in [0.2, 0.25) is 0 Å². The van der Waals surface area contributed by atoms with Crippen molar-refractivity contribution < 1.29 is 13.7 Å². The number of rotatable bonds is 5. The molecule has 1 fully saturated rings. The topological polar surface area (TPSA) is 59.2 Å². The Kier molecular flexibility index (Phi) is 4.69. The van der Waals surface area contributed by atoms with Crippen molar-refractivity contribution in [1.29, 1.82) is 0 Å². The van der Waals surface area contributed by atoms with E-state index in [-0.39, 0.29) is 17.6 Å². The second-order valence-corrected chi connectivity index (χ2v) is 5.94.